The van der Waals surface area contributed by atoms with Gasteiger partial charge in [-0.15, -0.1) is 0 Å². The van der Waals surface area contributed by atoms with Gasteiger partial charge in [0, 0.05) is 26.2 Å². The van der Waals surface area contributed by atoms with E-state index in [-0.39, 0.29) is 24.5 Å². The number of hydrogen-bond donors (Lipinski definition) is 0. The van der Waals surface area contributed by atoms with Crippen molar-refractivity contribution in [3.63, 3.8) is 0 Å². The molecule has 138 valence electrons. The van der Waals surface area contributed by atoms with Crippen molar-refractivity contribution >= 4 is 23.6 Å². The molecule has 4 rings (SSSR count). The van der Waals surface area contributed by atoms with Crippen LogP contribution in [0.3, 0.4) is 0 Å². The number of anilines is 1. The Balaban J connectivity index is 1.56. The number of carbonyl (C=O) groups excluding carboxylic acids is 3. The predicted octanol–water partition coefficient (Wildman–Crippen LogP) is 1.10. The molecule has 2 saturated heterocycles. The molecule has 3 aliphatic heterocycles. The van der Waals surface area contributed by atoms with Gasteiger partial charge in [0.2, 0.25) is 0 Å². The highest BCUT2D eigenvalue weighted by Gasteiger charge is 2.47. The van der Waals surface area contributed by atoms with Crippen molar-refractivity contribution in [1.29, 1.82) is 0 Å². The number of nitrogens with zero attached hydrogens (tertiary/aromatic N) is 3. The Morgan fingerprint density at radius 1 is 1.19 bits per heavy atom. The number of piperidine rings is 1. The first-order valence-corrected chi connectivity index (χ1v) is 8.65. The first-order valence-electron chi connectivity index (χ1n) is 8.65. The zero-order chi connectivity index (χ0) is 18.5. The Bertz CT molecular complexity index is 795. The fourth-order valence-electron chi connectivity index (χ4n) is 3.86. The largest absolute Gasteiger partial charge is 0.482 e. The minimum Gasteiger partial charge on any atom is -0.482 e. The minimum absolute atomic E-state index is 0.00429. The molecular formula is C18H21N3O5. The second-order valence-electron chi connectivity index (χ2n) is 7.16. The first kappa shape index (κ1) is 16.7. The summed E-state index contributed by atoms with van der Waals surface area (Å²) in [4.78, 5) is 41.4. The Morgan fingerprint density at radius 2 is 2.00 bits per heavy atom. The number of rotatable bonds is 1. The summed E-state index contributed by atoms with van der Waals surface area (Å²) >= 11 is 0. The van der Waals surface area contributed by atoms with E-state index >= 15 is 0 Å². The molecule has 3 aliphatic rings. The van der Waals surface area contributed by atoms with Gasteiger partial charge in [0.25, 0.3) is 11.8 Å². The lowest BCUT2D eigenvalue weighted by Crippen LogP contribution is -2.52. The zero-order valence-electron chi connectivity index (χ0n) is 14.9. The van der Waals surface area contributed by atoms with Gasteiger partial charge in [-0.3, -0.25) is 9.59 Å². The minimum atomic E-state index is -0.621. The quantitative estimate of drug-likeness (QED) is 0.750. The van der Waals surface area contributed by atoms with E-state index in [9.17, 15) is 14.4 Å². The highest BCUT2D eigenvalue weighted by atomic mass is 16.6. The monoisotopic (exact) mass is 359 g/mol. The van der Waals surface area contributed by atoms with Gasteiger partial charge in [-0.2, -0.15) is 0 Å². The van der Waals surface area contributed by atoms with Crippen molar-refractivity contribution in [1.82, 2.24) is 9.80 Å². The van der Waals surface area contributed by atoms with Crippen LogP contribution >= 0.6 is 0 Å². The van der Waals surface area contributed by atoms with Crippen LogP contribution in [0.1, 0.15) is 23.2 Å². The molecule has 0 aromatic heterocycles. The van der Waals surface area contributed by atoms with E-state index in [1.807, 2.05) is 0 Å². The van der Waals surface area contributed by atoms with Gasteiger partial charge < -0.3 is 24.2 Å². The molecule has 1 atom stereocenters. The summed E-state index contributed by atoms with van der Waals surface area (Å²) < 4.78 is 11.0. The molecule has 1 aromatic carbocycles. The molecule has 8 nitrogen and oxygen atoms in total. The second kappa shape index (κ2) is 5.89. The van der Waals surface area contributed by atoms with Crippen LogP contribution in [0, 0.1) is 0 Å². The van der Waals surface area contributed by atoms with Gasteiger partial charge in [0.1, 0.15) is 11.4 Å². The van der Waals surface area contributed by atoms with Crippen LogP contribution in [0.2, 0.25) is 0 Å². The number of hydrogen-bond acceptors (Lipinski definition) is 5. The van der Waals surface area contributed by atoms with Gasteiger partial charge in [0.05, 0.1) is 18.8 Å². The summed E-state index contributed by atoms with van der Waals surface area (Å²) in [6.07, 6.45) is 1.19. The summed E-state index contributed by atoms with van der Waals surface area (Å²) in [5.41, 5.74) is 0.457. The number of carbonyl (C=O) groups is 3. The van der Waals surface area contributed by atoms with Crippen LogP contribution in [-0.4, -0.2) is 73.6 Å². The van der Waals surface area contributed by atoms with Crippen LogP contribution < -0.4 is 9.64 Å². The summed E-state index contributed by atoms with van der Waals surface area (Å²) in [5.74, 6) is 0.300. The van der Waals surface area contributed by atoms with E-state index in [0.717, 1.165) is 12.8 Å². The van der Waals surface area contributed by atoms with Crippen LogP contribution in [0.5, 0.6) is 5.75 Å². The SMILES string of the molecule is CN1C[C@@]2(CCCN(C(=O)c3ccc4c(c3)N(C)C(=O)CO4)C2)OC1=O. The van der Waals surface area contributed by atoms with Crippen molar-refractivity contribution in [2.24, 2.45) is 0 Å². The highest BCUT2D eigenvalue weighted by Crippen LogP contribution is 2.34. The standard InChI is InChI=1S/C18H21N3O5/c1-19-10-18(26-17(19)24)6-3-7-21(11-18)16(23)12-4-5-14-13(8-12)20(2)15(22)9-25-14/h4-5,8H,3,6-7,9-11H2,1-2H3/t18-/m1/s1. The van der Waals surface area contributed by atoms with Gasteiger partial charge in [0.15, 0.2) is 6.61 Å². The summed E-state index contributed by atoms with van der Waals surface area (Å²) in [7, 11) is 3.37. The molecule has 0 radical (unpaired) electrons. The lowest BCUT2D eigenvalue weighted by Gasteiger charge is -2.38. The second-order valence-corrected chi connectivity index (χ2v) is 7.16. The molecule has 3 heterocycles. The number of benzene rings is 1. The Hall–Kier alpha value is -2.77. The molecular weight excluding hydrogens is 338 g/mol. The third kappa shape index (κ3) is 2.65. The number of ether oxygens (including phenoxy) is 2. The van der Waals surface area contributed by atoms with E-state index in [1.165, 1.54) is 4.90 Å². The van der Waals surface area contributed by atoms with E-state index in [0.29, 0.717) is 36.6 Å². The third-order valence-electron chi connectivity index (χ3n) is 5.26. The molecule has 26 heavy (non-hydrogen) atoms. The molecule has 1 aromatic rings. The van der Waals surface area contributed by atoms with Crippen LogP contribution in [0.15, 0.2) is 18.2 Å². The maximum absolute atomic E-state index is 13.0. The molecule has 0 unspecified atom stereocenters. The van der Waals surface area contributed by atoms with Gasteiger partial charge in [-0.25, -0.2) is 4.79 Å². The molecule has 0 N–H and O–H groups in total. The Kier molecular flexibility index (Phi) is 3.78. The molecule has 3 amide bonds. The highest BCUT2D eigenvalue weighted by molar-refractivity contribution is 6.01. The third-order valence-corrected chi connectivity index (χ3v) is 5.26. The van der Waals surface area contributed by atoms with Gasteiger partial charge in [-0.05, 0) is 31.0 Å². The van der Waals surface area contributed by atoms with Crippen molar-refractivity contribution in [2.45, 2.75) is 18.4 Å². The Morgan fingerprint density at radius 3 is 2.73 bits per heavy atom. The molecule has 0 aliphatic carbocycles. The molecule has 1 spiro atoms. The fourth-order valence-corrected chi connectivity index (χ4v) is 3.86. The number of likely N-dealkylation sites (tertiary alicyclic amines) is 1. The van der Waals surface area contributed by atoms with E-state index in [4.69, 9.17) is 9.47 Å². The maximum atomic E-state index is 13.0. The van der Waals surface area contributed by atoms with Crippen LogP contribution in [0.25, 0.3) is 0 Å². The zero-order valence-corrected chi connectivity index (χ0v) is 14.9. The smallest absolute Gasteiger partial charge is 0.410 e. The molecule has 8 heteroatoms. The van der Waals surface area contributed by atoms with Gasteiger partial charge >= 0.3 is 6.09 Å². The maximum Gasteiger partial charge on any atom is 0.410 e. The normalized spacial score (nSPS) is 25.2. The Labute approximate surface area is 151 Å². The van der Waals surface area contributed by atoms with E-state index in [1.54, 1.807) is 42.1 Å². The summed E-state index contributed by atoms with van der Waals surface area (Å²) in [5, 5.41) is 0. The van der Waals surface area contributed by atoms with Crippen molar-refractivity contribution in [3.05, 3.63) is 23.8 Å². The average Bonchev–Trinajstić information content (AvgIpc) is 2.90. The molecule has 0 bridgehead atoms. The van der Waals surface area contributed by atoms with Crippen LogP contribution in [-0.2, 0) is 9.53 Å². The number of fused-ring (bicyclic) bond motifs is 1. The summed E-state index contributed by atoms with van der Waals surface area (Å²) in [6, 6.07) is 5.11. The molecule has 0 saturated carbocycles. The lowest BCUT2D eigenvalue weighted by molar-refractivity contribution is -0.120. The van der Waals surface area contributed by atoms with Crippen molar-refractivity contribution in [2.75, 3.05) is 45.2 Å². The fraction of sp³-hybridized carbons (Fsp3) is 0.500. The van der Waals surface area contributed by atoms with E-state index < -0.39 is 5.60 Å². The van der Waals surface area contributed by atoms with Crippen molar-refractivity contribution in [3.8, 4) is 5.75 Å². The number of amides is 3. The van der Waals surface area contributed by atoms with Gasteiger partial charge in [-0.1, -0.05) is 0 Å². The summed E-state index contributed by atoms with van der Waals surface area (Å²) in [6.45, 7) is 1.49. The number of likely N-dealkylation sites (N-methyl/N-ethyl adjacent to an activating group) is 2. The average molecular weight is 359 g/mol. The lowest BCUT2D eigenvalue weighted by atomic mass is 9.92. The van der Waals surface area contributed by atoms with Crippen molar-refractivity contribution < 1.29 is 23.9 Å². The topological polar surface area (TPSA) is 79.4 Å². The predicted molar refractivity (Wildman–Crippen MR) is 92.3 cm³/mol. The van der Waals surface area contributed by atoms with E-state index in [2.05, 4.69) is 0 Å². The first-order chi connectivity index (χ1) is 12.4. The molecule has 2 fully saturated rings. The van der Waals surface area contributed by atoms with Crippen LogP contribution in [0.4, 0.5) is 10.5 Å².